The predicted molar refractivity (Wildman–Crippen MR) is 109 cm³/mol. The third kappa shape index (κ3) is 13.2. The van der Waals surface area contributed by atoms with Crippen molar-refractivity contribution in [2.45, 2.75) is 84.1 Å². The molecular weight excluding hydrogens is 365 g/mol. The Kier molecular flexibility index (Phi) is 15.0. The largest absolute Gasteiger partial charge is 0.506 e. The van der Waals surface area contributed by atoms with Crippen molar-refractivity contribution in [3.8, 4) is 5.75 Å². The van der Waals surface area contributed by atoms with Crippen LogP contribution in [0.15, 0.2) is 12.1 Å². The fraction of sp³-hybridized carbons (Fsp3) is 0.684. The van der Waals surface area contributed by atoms with Crippen molar-refractivity contribution in [2.24, 2.45) is 5.73 Å². The third-order valence-electron chi connectivity index (χ3n) is 3.75. The molecule has 0 bridgehead atoms. The Labute approximate surface area is 162 Å². The highest BCUT2D eigenvalue weighted by Gasteiger charge is 2.02. The van der Waals surface area contributed by atoms with E-state index in [1.165, 1.54) is 76.3 Å². The van der Waals surface area contributed by atoms with E-state index in [1.54, 1.807) is 0 Å². The van der Waals surface area contributed by atoms with E-state index in [4.69, 9.17) is 45.6 Å². The van der Waals surface area contributed by atoms with Crippen LogP contribution in [-0.2, 0) is 0 Å². The molecule has 0 saturated carbocycles. The van der Waals surface area contributed by atoms with E-state index in [2.05, 4.69) is 13.8 Å². The fourth-order valence-electron chi connectivity index (χ4n) is 2.29. The third-order valence-corrected chi connectivity index (χ3v) is 4.78. The Bertz CT molecular complexity index is 389. The minimum Gasteiger partial charge on any atom is -0.506 e. The average Bonchev–Trinajstić information content (AvgIpc) is 2.52. The van der Waals surface area contributed by atoms with Crippen molar-refractivity contribution in [1.29, 1.82) is 0 Å². The molecule has 0 saturated heterocycles. The quantitative estimate of drug-likeness (QED) is 0.316. The van der Waals surface area contributed by atoms with Crippen LogP contribution in [-0.4, -0.2) is 11.1 Å². The predicted octanol–water partition coefficient (Wildman–Crippen LogP) is 7.61. The molecule has 1 unspecified atom stereocenters. The van der Waals surface area contributed by atoms with Crippen LogP contribution in [0.2, 0.25) is 15.1 Å². The van der Waals surface area contributed by atoms with E-state index in [1.807, 2.05) is 0 Å². The van der Waals surface area contributed by atoms with Crippen LogP contribution in [0.4, 0.5) is 0 Å². The van der Waals surface area contributed by atoms with Crippen LogP contribution in [0.3, 0.4) is 0 Å². The van der Waals surface area contributed by atoms with Crippen molar-refractivity contribution < 1.29 is 5.11 Å². The van der Waals surface area contributed by atoms with Gasteiger partial charge in [0.2, 0.25) is 0 Å². The number of halogens is 3. The molecule has 0 aliphatic heterocycles. The first kappa shape index (κ1) is 23.9. The number of nitrogens with two attached hydrogens (primary N) is 1. The first-order chi connectivity index (χ1) is 11.4. The number of hydrogen-bond acceptors (Lipinski definition) is 2. The van der Waals surface area contributed by atoms with Gasteiger partial charge in [-0.15, -0.1) is 0 Å². The lowest BCUT2D eigenvalue weighted by molar-refractivity contribution is 0.475. The highest BCUT2D eigenvalue weighted by Crippen LogP contribution is 2.32. The summed E-state index contributed by atoms with van der Waals surface area (Å²) in [7, 11) is 0. The molecule has 1 aromatic rings. The number of phenolic OH excluding ortho intramolecular Hbond substituents is 1. The van der Waals surface area contributed by atoms with Gasteiger partial charge in [0.05, 0.1) is 15.1 Å². The monoisotopic (exact) mass is 395 g/mol. The maximum absolute atomic E-state index is 8.95. The summed E-state index contributed by atoms with van der Waals surface area (Å²) in [6, 6.07) is 3.09. The highest BCUT2D eigenvalue weighted by atomic mass is 35.5. The van der Waals surface area contributed by atoms with Gasteiger partial charge in [-0.25, -0.2) is 0 Å². The zero-order valence-corrected chi connectivity index (χ0v) is 17.2. The van der Waals surface area contributed by atoms with Gasteiger partial charge in [-0.3, -0.25) is 0 Å². The molecule has 0 aliphatic rings. The topological polar surface area (TPSA) is 46.2 Å². The molecule has 0 fully saturated rings. The SMILES string of the molecule is CCCCCCCCCCCC(C)N.Oc1cc(Cl)c(Cl)cc1Cl. The maximum Gasteiger partial charge on any atom is 0.135 e. The molecule has 2 nitrogen and oxygen atoms in total. The summed E-state index contributed by atoms with van der Waals surface area (Å²) in [6.45, 7) is 4.37. The highest BCUT2D eigenvalue weighted by molar-refractivity contribution is 6.43. The number of hydrogen-bond donors (Lipinski definition) is 2. The van der Waals surface area contributed by atoms with Gasteiger partial charge in [0.25, 0.3) is 0 Å². The molecule has 140 valence electrons. The van der Waals surface area contributed by atoms with E-state index < -0.39 is 0 Å². The van der Waals surface area contributed by atoms with Gasteiger partial charge in [0.1, 0.15) is 5.75 Å². The summed E-state index contributed by atoms with van der Waals surface area (Å²) in [5.41, 5.74) is 5.69. The van der Waals surface area contributed by atoms with E-state index in [-0.39, 0.29) is 10.8 Å². The van der Waals surface area contributed by atoms with Crippen LogP contribution in [0, 0.1) is 0 Å². The van der Waals surface area contributed by atoms with Gasteiger partial charge in [-0.2, -0.15) is 0 Å². The summed E-state index contributed by atoms with van der Waals surface area (Å²) in [5, 5.41) is 9.79. The van der Waals surface area contributed by atoms with E-state index in [9.17, 15) is 0 Å². The second kappa shape index (κ2) is 15.1. The van der Waals surface area contributed by atoms with Crippen LogP contribution < -0.4 is 5.73 Å². The lowest BCUT2D eigenvalue weighted by Crippen LogP contribution is -2.13. The Hall–Kier alpha value is -0.150. The van der Waals surface area contributed by atoms with Gasteiger partial charge >= 0.3 is 0 Å². The van der Waals surface area contributed by atoms with Crippen molar-refractivity contribution in [1.82, 2.24) is 0 Å². The lowest BCUT2D eigenvalue weighted by atomic mass is 10.1. The Morgan fingerprint density at radius 2 is 1.29 bits per heavy atom. The maximum atomic E-state index is 8.95. The van der Waals surface area contributed by atoms with Gasteiger partial charge in [-0.05, 0) is 19.4 Å². The summed E-state index contributed by atoms with van der Waals surface area (Å²) < 4.78 is 0. The molecule has 5 heteroatoms. The zero-order valence-electron chi connectivity index (χ0n) is 15.0. The summed E-state index contributed by atoms with van der Waals surface area (Å²) in [5.74, 6) is -0.0592. The zero-order chi connectivity index (χ0) is 18.4. The molecule has 0 heterocycles. The molecule has 0 aromatic heterocycles. The fourth-order valence-corrected chi connectivity index (χ4v) is 2.83. The smallest absolute Gasteiger partial charge is 0.135 e. The minimum atomic E-state index is -0.0592. The molecule has 1 aromatic carbocycles. The number of rotatable bonds is 10. The molecule has 0 radical (unpaired) electrons. The van der Waals surface area contributed by atoms with Gasteiger partial charge < -0.3 is 10.8 Å². The number of aromatic hydroxyl groups is 1. The van der Waals surface area contributed by atoms with Crippen molar-refractivity contribution >= 4 is 34.8 Å². The second-order valence-electron chi connectivity index (χ2n) is 6.31. The standard InChI is InChI=1S/C13H29N.C6H3Cl3O/c1-3-4-5-6-7-8-9-10-11-12-13(2)14;7-3-1-5(9)6(10)2-4(3)8/h13H,3-12,14H2,1-2H3;1-2,10H. The Balaban J connectivity index is 0.000000463. The van der Waals surface area contributed by atoms with E-state index in [0.717, 1.165) is 0 Å². The number of unbranched alkanes of at least 4 members (excludes halogenated alkanes) is 8. The molecule has 3 N–H and O–H groups in total. The van der Waals surface area contributed by atoms with Crippen LogP contribution >= 0.6 is 34.8 Å². The van der Waals surface area contributed by atoms with Crippen molar-refractivity contribution in [2.75, 3.05) is 0 Å². The minimum absolute atomic E-state index is 0.0592. The number of phenols is 1. The number of benzene rings is 1. The summed E-state index contributed by atoms with van der Waals surface area (Å²) >= 11 is 16.6. The molecule has 24 heavy (non-hydrogen) atoms. The van der Waals surface area contributed by atoms with Gasteiger partial charge in [0.15, 0.2) is 0 Å². The molecule has 1 atom stereocenters. The lowest BCUT2D eigenvalue weighted by Gasteiger charge is -2.04. The van der Waals surface area contributed by atoms with Crippen molar-refractivity contribution in [3.63, 3.8) is 0 Å². The first-order valence-corrected chi connectivity index (χ1v) is 10.1. The van der Waals surface area contributed by atoms with Crippen LogP contribution in [0.25, 0.3) is 0 Å². The normalized spacial score (nSPS) is 11.8. The van der Waals surface area contributed by atoms with Gasteiger partial charge in [-0.1, -0.05) is 99.5 Å². The average molecular weight is 397 g/mol. The van der Waals surface area contributed by atoms with Crippen LogP contribution in [0.5, 0.6) is 5.75 Å². The summed E-state index contributed by atoms with van der Waals surface area (Å²) in [6.07, 6.45) is 13.9. The van der Waals surface area contributed by atoms with Crippen molar-refractivity contribution in [3.05, 3.63) is 27.2 Å². The molecular formula is C19H32Cl3NO. The first-order valence-electron chi connectivity index (χ1n) is 8.97. The van der Waals surface area contributed by atoms with E-state index in [0.29, 0.717) is 16.1 Å². The molecule has 0 amide bonds. The Morgan fingerprint density at radius 1 is 0.833 bits per heavy atom. The molecule has 1 rings (SSSR count). The van der Waals surface area contributed by atoms with E-state index >= 15 is 0 Å². The molecule has 0 spiro atoms. The second-order valence-corrected chi connectivity index (χ2v) is 7.53. The van der Waals surface area contributed by atoms with Crippen LogP contribution in [0.1, 0.15) is 78.1 Å². The van der Waals surface area contributed by atoms with Gasteiger partial charge in [0, 0.05) is 12.1 Å². The molecule has 0 aliphatic carbocycles. The Morgan fingerprint density at radius 3 is 1.75 bits per heavy atom. The summed E-state index contributed by atoms with van der Waals surface area (Å²) in [4.78, 5) is 0.